The Hall–Kier alpha value is -2.62. The van der Waals surface area contributed by atoms with Gasteiger partial charge in [-0.25, -0.2) is 0 Å². The van der Waals surface area contributed by atoms with Crippen LogP contribution in [0.25, 0.3) is 0 Å². The summed E-state index contributed by atoms with van der Waals surface area (Å²) in [5.74, 6) is -0.170. The van der Waals surface area contributed by atoms with E-state index in [0.29, 0.717) is 6.54 Å². The zero-order valence-electron chi connectivity index (χ0n) is 14.7. The van der Waals surface area contributed by atoms with Gasteiger partial charge in [-0.3, -0.25) is 9.59 Å². The van der Waals surface area contributed by atoms with Crippen molar-refractivity contribution in [2.45, 2.75) is 34.1 Å². The standard InChI is InChI=1S/C20H24N2O2/c1-14-6-5-7-19(12-14)22(17(4)23)11-10-20(24)21-18-9-8-15(2)16(3)13-18/h5-9,12-13H,10-11H2,1-4H3,(H,21,24). The van der Waals surface area contributed by atoms with Gasteiger partial charge in [-0.05, 0) is 61.7 Å². The molecular weight excluding hydrogens is 300 g/mol. The first-order valence-electron chi connectivity index (χ1n) is 8.08. The quantitative estimate of drug-likeness (QED) is 0.904. The summed E-state index contributed by atoms with van der Waals surface area (Å²) >= 11 is 0. The van der Waals surface area contributed by atoms with Crippen LogP contribution in [-0.4, -0.2) is 18.4 Å². The molecule has 0 atom stereocenters. The highest BCUT2D eigenvalue weighted by atomic mass is 16.2. The number of rotatable bonds is 5. The monoisotopic (exact) mass is 324 g/mol. The number of carbonyl (C=O) groups is 2. The molecule has 0 unspecified atom stereocenters. The highest BCUT2D eigenvalue weighted by molar-refractivity contribution is 5.94. The summed E-state index contributed by atoms with van der Waals surface area (Å²) in [5, 5.41) is 2.89. The average molecular weight is 324 g/mol. The zero-order valence-corrected chi connectivity index (χ0v) is 14.7. The van der Waals surface area contributed by atoms with E-state index in [-0.39, 0.29) is 18.2 Å². The summed E-state index contributed by atoms with van der Waals surface area (Å²) in [7, 11) is 0. The molecule has 2 amide bonds. The number of hydrogen-bond acceptors (Lipinski definition) is 2. The molecule has 0 aliphatic heterocycles. The van der Waals surface area contributed by atoms with E-state index in [2.05, 4.69) is 5.32 Å². The number of carbonyl (C=O) groups excluding carboxylic acids is 2. The molecule has 1 N–H and O–H groups in total. The van der Waals surface area contributed by atoms with Gasteiger partial charge in [0, 0.05) is 31.3 Å². The van der Waals surface area contributed by atoms with Gasteiger partial charge in [0.15, 0.2) is 0 Å². The Morgan fingerprint density at radius 1 is 1.00 bits per heavy atom. The molecule has 4 heteroatoms. The predicted octanol–water partition coefficient (Wildman–Crippen LogP) is 3.99. The molecule has 0 aliphatic rings. The minimum Gasteiger partial charge on any atom is -0.326 e. The zero-order chi connectivity index (χ0) is 17.7. The first kappa shape index (κ1) is 17.7. The van der Waals surface area contributed by atoms with Gasteiger partial charge >= 0.3 is 0 Å². The summed E-state index contributed by atoms with van der Waals surface area (Å²) in [5.41, 5.74) is 5.01. The van der Waals surface area contributed by atoms with Crippen LogP contribution < -0.4 is 10.2 Å². The molecule has 4 nitrogen and oxygen atoms in total. The van der Waals surface area contributed by atoms with Crippen LogP contribution in [0.5, 0.6) is 0 Å². The Bertz CT molecular complexity index is 753. The summed E-state index contributed by atoms with van der Waals surface area (Å²) in [6.45, 7) is 7.90. The molecule has 2 rings (SSSR count). The van der Waals surface area contributed by atoms with Crippen LogP contribution in [0, 0.1) is 20.8 Å². The van der Waals surface area contributed by atoms with Crippen molar-refractivity contribution in [2.75, 3.05) is 16.8 Å². The fourth-order valence-corrected chi connectivity index (χ4v) is 2.52. The Labute approximate surface area is 143 Å². The second-order valence-corrected chi connectivity index (χ2v) is 6.11. The highest BCUT2D eigenvalue weighted by Crippen LogP contribution is 2.17. The van der Waals surface area contributed by atoms with Crippen molar-refractivity contribution in [3.63, 3.8) is 0 Å². The highest BCUT2D eigenvalue weighted by Gasteiger charge is 2.13. The number of anilines is 2. The third kappa shape index (κ3) is 4.69. The summed E-state index contributed by atoms with van der Waals surface area (Å²) in [6, 6.07) is 13.6. The van der Waals surface area contributed by atoms with E-state index in [1.807, 2.05) is 63.2 Å². The number of aryl methyl sites for hydroxylation is 3. The van der Waals surface area contributed by atoms with Gasteiger partial charge in [0.1, 0.15) is 0 Å². The van der Waals surface area contributed by atoms with Crippen molar-refractivity contribution in [1.82, 2.24) is 0 Å². The van der Waals surface area contributed by atoms with Crippen molar-refractivity contribution in [3.05, 3.63) is 59.2 Å². The molecule has 0 saturated heterocycles. The van der Waals surface area contributed by atoms with Gasteiger partial charge in [0.2, 0.25) is 11.8 Å². The molecule has 0 heterocycles. The summed E-state index contributed by atoms with van der Waals surface area (Å²) in [4.78, 5) is 25.7. The summed E-state index contributed by atoms with van der Waals surface area (Å²) < 4.78 is 0. The molecule has 2 aromatic carbocycles. The van der Waals surface area contributed by atoms with Crippen molar-refractivity contribution >= 4 is 23.2 Å². The second-order valence-electron chi connectivity index (χ2n) is 6.11. The van der Waals surface area contributed by atoms with E-state index in [0.717, 1.165) is 22.5 Å². The number of benzene rings is 2. The Morgan fingerprint density at radius 2 is 1.75 bits per heavy atom. The lowest BCUT2D eigenvalue weighted by molar-refractivity contribution is -0.117. The van der Waals surface area contributed by atoms with Crippen molar-refractivity contribution in [3.8, 4) is 0 Å². The second kappa shape index (κ2) is 7.77. The Kier molecular flexibility index (Phi) is 5.74. The van der Waals surface area contributed by atoms with E-state index < -0.39 is 0 Å². The minimum atomic E-state index is -0.0999. The minimum absolute atomic E-state index is 0.0698. The molecule has 0 fully saturated rings. The van der Waals surface area contributed by atoms with Gasteiger partial charge in [0.05, 0.1) is 0 Å². The fourth-order valence-electron chi connectivity index (χ4n) is 2.52. The number of hydrogen-bond donors (Lipinski definition) is 1. The van der Waals surface area contributed by atoms with Crippen LogP contribution in [0.15, 0.2) is 42.5 Å². The smallest absolute Gasteiger partial charge is 0.226 e. The van der Waals surface area contributed by atoms with Crippen LogP contribution in [-0.2, 0) is 9.59 Å². The average Bonchev–Trinajstić information content (AvgIpc) is 2.51. The van der Waals surface area contributed by atoms with E-state index in [4.69, 9.17) is 0 Å². The first-order valence-corrected chi connectivity index (χ1v) is 8.08. The topological polar surface area (TPSA) is 49.4 Å². The van der Waals surface area contributed by atoms with E-state index in [1.54, 1.807) is 4.90 Å². The van der Waals surface area contributed by atoms with Crippen molar-refractivity contribution in [2.24, 2.45) is 0 Å². The number of nitrogens with one attached hydrogen (secondary N) is 1. The third-order valence-corrected chi connectivity index (χ3v) is 4.05. The van der Waals surface area contributed by atoms with E-state index in [9.17, 15) is 9.59 Å². The lowest BCUT2D eigenvalue weighted by Gasteiger charge is -2.21. The SMILES string of the molecule is CC(=O)N(CCC(=O)Nc1ccc(C)c(C)c1)c1cccc(C)c1. The van der Waals surface area contributed by atoms with Crippen LogP contribution in [0.2, 0.25) is 0 Å². The predicted molar refractivity (Wildman–Crippen MR) is 98.4 cm³/mol. The molecule has 0 bridgehead atoms. The lowest BCUT2D eigenvalue weighted by Crippen LogP contribution is -2.32. The molecular formula is C20H24N2O2. The van der Waals surface area contributed by atoms with Crippen LogP contribution in [0.4, 0.5) is 11.4 Å². The van der Waals surface area contributed by atoms with Crippen molar-refractivity contribution < 1.29 is 9.59 Å². The van der Waals surface area contributed by atoms with E-state index in [1.165, 1.54) is 12.5 Å². The van der Waals surface area contributed by atoms with Crippen LogP contribution in [0.1, 0.15) is 30.0 Å². The van der Waals surface area contributed by atoms with Crippen LogP contribution >= 0.6 is 0 Å². The van der Waals surface area contributed by atoms with Gasteiger partial charge < -0.3 is 10.2 Å². The molecule has 0 aromatic heterocycles. The number of amides is 2. The maximum absolute atomic E-state index is 12.2. The molecule has 0 aliphatic carbocycles. The van der Waals surface area contributed by atoms with Gasteiger partial charge in [-0.15, -0.1) is 0 Å². The molecule has 126 valence electrons. The third-order valence-electron chi connectivity index (χ3n) is 4.05. The normalized spacial score (nSPS) is 10.3. The fraction of sp³-hybridized carbons (Fsp3) is 0.300. The summed E-state index contributed by atoms with van der Waals surface area (Å²) in [6.07, 6.45) is 0.250. The molecule has 24 heavy (non-hydrogen) atoms. The van der Waals surface area contributed by atoms with Gasteiger partial charge in [0.25, 0.3) is 0 Å². The van der Waals surface area contributed by atoms with E-state index >= 15 is 0 Å². The lowest BCUT2D eigenvalue weighted by atomic mass is 10.1. The van der Waals surface area contributed by atoms with Crippen molar-refractivity contribution in [1.29, 1.82) is 0 Å². The first-order chi connectivity index (χ1) is 11.4. The molecule has 0 radical (unpaired) electrons. The maximum atomic E-state index is 12.2. The van der Waals surface area contributed by atoms with Gasteiger partial charge in [-0.2, -0.15) is 0 Å². The molecule has 0 saturated carbocycles. The maximum Gasteiger partial charge on any atom is 0.226 e. The largest absolute Gasteiger partial charge is 0.326 e. The Morgan fingerprint density at radius 3 is 2.38 bits per heavy atom. The number of nitrogens with zero attached hydrogens (tertiary/aromatic N) is 1. The van der Waals surface area contributed by atoms with Gasteiger partial charge in [-0.1, -0.05) is 18.2 Å². The van der Waals surface area contributed by atoms with Crippen LogP contribution in [0.3, 0.4) is 0 Å². The molecule has 0 spiro atoms. The molecule has 2 aromatic rings. The Balaban J connectivity index is 2.00.